The van der Waals surface area contributed by atoms with Crippen LogP contribution in [0, 0.1) is 13.8 Å². The molecule has 2 rings (SSSR count). The molecule has 0 unspecified atom stereocenters. The molecule has 4 nitrogen and oxygen atoms in total. The highest BCUT2D eigenvalue weighted by Crippen LogP contribution is 2.22. The molecule has 1 N–H and O–H groups in total. The first kappa shape index (κ1) is 14.3. The van der Waals surface area contributed by atoms with Gasteiger partial charge in [0.15, 0.2) is 6.61 Å². The minimum Gasteiger partial charge on any atom is -0.483 e. The summed E-state index contributed by atoms with van der Waals surface area (Å²) in [5.41, 5.74) is 2.00. The molecular weight excluding hydrogens is 276 g/mol. The van der Waals surface area contributed by atoms with E-state index in [9.17, 15) is 4.79 Å². The van der Waals surface area contributed by atoms with Crippen LogP contribution in [0.25, 0.3) is 0 Å². The summed E-state index contributed by atoms with van der Waals surface area (Å²) in [5, 5.41) is 3.17. The average molecular weight is 291 g/mol. The first-order valence-corrected chi connectivity index (χ1v) is 6.54. The Morgan fingerprint density at radius 2 is 1.95 bits per heavy atom. The van der Waals surface area contributed by atoms with Crippen LogP contribution in [0.15, 0.2) is 36.5 Å². The van der Waals surface area contributed by atoms with Gasteiger partial charge < -0.3 is 10.1 Å². The molecule has 104 valence electrons. The molecule has 20 heavy (non-hydrogen) atoms. The zero-order chi connectivity index (χ0) is 14.5. The molecular formula is C15H15ClN2O2. The van der Waals surface area contributed by atoms with Crippen molar-refractivity contribution in [2.75, 3.05) is 11.9 Å². The Labute approximate surface area is 122 Å². The fourth-order valence-electron chi connectivity index (χ4n) is 1.79. The largest absolute Gasteiger partial charge is 0.483 e. The number of hydrogen-bond donors (Lipinski definition) is 1. The highest BCUT2D eigenvalue weighted by atomic mass is 35.5. The van der Waals surface area contributed by atoms with Crippen molar-refractivity contribution in [3.63, 3.8) is 0 Å². The lowest BCUT2D eigenvalue weighted by Crippen LogP contribution is -2.21. The van der Waals surface area contributed by atoms with Crippen LogP contribution in [0.2, 0.25) is 5.02 Å². The maximum absolute atomic E-state index is 11.8. The van der Waals surface area contributed by atoms with Crippen LogP contribution in [0.1, 0.15) is 11.1 Å². The van der Waals surface area contributed by atoms with Gasteiger partial charge in [0.05, 0.1) is 5.02 Å². The Morgan fingerprint density at radius 3 is 2.55 bits per heavy atom. The minimum atomic E-state index is -0.262. The number of hydrogen-bond acceptors (Lipinski definition) is 3. The molecule has 5 heteroatoms. The van der Waals surface area contributed by atoms with Gasteiger partial charge in [-0.3, -0.25) is 4.79 Å². The van der Waals surface area contributed by atoms with E-state index in [0.29, 0.717) is 10.8 Å². The molecule has 0 atom stereocenters. The van der Waals surface area contributed by atoms with E-state index in [-0.39, 0.29) is 12.5 Å². The minimum absolute atomic E-state index is 0.0595. The Morgan fingerprint density at radius 1 is 1.25 bits per heavy atom. The van der Waals surface area contributed by atoms with Crippen molar-refractivity contribution in [2.45, 2.75) is 13.8 Å². The lowest BCUT2D eigenvalue weighted by Gasteiger charge is -2.11. The monoisotopic (exact) mass is 290 g/mol. The molecule has 1 amide bonds. The second-order valence-electron chi connectivity index (χ2n) is 4.42. The Hall–Kier alpha value is -2.07. The van der Waals surface area contributed by atoms with Gasteiger partial charge in [-0.25, -0.2) is 4.98 Å². The van der Waals surface area contributed by atoms with Crippen molar-refractivity contribution in [3.8, 4) is 5.75 Å². The van der Waals surface area contributed by atoms with Gasteiger partial charge in [0.25, 0.3) is 5.91 Å². The number of halogens is 1. The van der Waals surface area contributed by atoms with E-state index >= 15 is 0 Å². The van der Waals surface area contributed by atoms with Crippen molar-refractivity contribution < 1.29 is 9.53 Å². The number of carbonyl (C=O) groups is 1. The summed E-state index contributed by atoms with van der Waals surface area (Å²) in [6.45, 7) is 3.83. The lowest BCUT2D eigenvalue weighted by atomic mass is 10.1. The number of benzene rings is 1. The fourth-order valence-corrected chi connectivity index (χ4v) is 1.91. The molecule has 0 spiro atoms. The van der Waals surface area contributed by atoms with Crippen molar-refractivity contribution in [2.24, 2.45) is 0 Å². The van der Waals surface area contributed by atoms with Gasteiger partial charge in [-0.1, -0.05) is 29.8 Å². The molecule has 0 aliphatic carbocycles. The van der Waals surface area contributed by atoms with Crippen molar-refractivity contribution in [1.29, 1.82) is 0 Å². The van der Waals surface area contributed by atoms with E-state index in [4.69, 9.17) is 16.3 Å². The van der Waals surface area contributed by atoms with Crippen LogP contribution in [0.5, 0.6) is 5.75 Å². The van der Waals surface area contributed by atoms with E-state index in [1.807, 2.05) is 32.0 Å². The summed E-state index contributed by atoms with van der Waals surface area (Å²) in [7, 11) is 0. The molecule has 2 aromatic rings. The third-order valence-electron chi connectivity index (χ3n) is 2.75. The second-order valence-corrected chi connectivity index (χ2v) is 4.86. The molecule has 0 bridgehead atoms. The summed E-state index contributed by atoms with van der Waals surface area (Å²) >= 11 is 5.72. The Balaban J connectivity index is 1.94. The van der Waals surface area contributed by atoms with Crippen molar-refractivity contribution >= 4 is 23.3 Å². The molecule has 0 aliphatic rings. The van der Waals surface area contributed by atoms with E-state index < -0.39 is 0 Å². The van der Waals surface area contributed by atoms with Gasteiger partial charge in [0, 0.05) is 6.20 Å². The summed E-state index contributed by atoms with van der Waals surface area (Å²) < 4.78 is 5.56. The number of carbonyl (C=O) groups excluding carboxylic acids is 1. The predicted octanol–water partition coefficient (Wildman–Crippen LogP) is 3.37. The normalized spacial score (nSPS) is 10.2. The number of para-hydroxylation sites is 1. The van der Waals surface area contributed by atoms with Crippen LogP contribution in [0.3, 0.4) is 0 Å². The van der Waals surface area contributed by atoms with Gasteiger partial charge in [-0.15, -0.1) is 0 Å². The summed E-state index contributed by atoms with van der Waals surface area (Å²) in [5.74, 6) is 0.929. The molecule has 0 fully saturated rings. The molecule has 1 aromatic heterocycles. The maximum atomic E-state index is 11.8. The predicted molar refractivity (Wildman–Crippen MR) is 79.3 cm³/mol. The van der Waals surface area contributed by atoms with Crippen LogP contribution in [-0.2, 0) is 4.79 Å². The molecule has 0 saturated carbocycles. The first-order chi connectivity index (χ1) is 9.56. The average Bonchev–Trinajstić information content (AvgIpc) is 2.41. The van der Waals surface area contributed by atoms with Crippen LogP contribution in [0.4, 0.5) is 5.82 Å². The number of ether oxygens (including phenoxy) is 1. The highest BCUT2D eigenvalue weighted by Gasteiger charge is 2.08. The van der Waals surface area contributed by atoms with Crippen LogP contribution in [-0.4, -0.2) is 17.5 Å². The van der Waals surface area contributed by atoms with Gasteiger partial charge in [-0.05, 0) is 37.1 Å². The molecule has 0 radical (unpaired) electrons. The molecule has 0 aliphatic heterocycles. The smallest absolute Gasteiger partial charge is 0.263 e. The lowest BCUT2D eigenvalue weighted by molar-refractivity contribution is -0.118. The van der Waals surface area contributed by atoms with Crippen molar-refractivity contribution in [1.82, 2.24) is 4.98 Å². The SMILES string of the molecule is Cc1cccc(C)c1OCC(=O)Nc1ccc(Cl)cn1. The zero-order valence-corrected chi connectivity index (χ0v) is 12.1. The third-order valence-corrected chi connectivity index (χ3v) is 2.97. The number of rotatable bonds is 4. The molecule has 1 heterocycles. The number of amides is 1. The quantitative estimate of drug-likeness (QED) is 0.939. The number of aromatic nitrogens is 1. The molecule has 1 aromatic carbocycles. The number of pyridine rings is 1. The van der Waals surface area contributed by atoms with Gasteiger partial charge in [-0.2, -0.15) is 0 Å². The second kappa shape index (κ2) is 6.39. The summed E-state index contributed by atoms with van der Waals surface area (Å²) in [6.07, 6.45) is 1.48. The molecule has 0 saturated heterocycles. The van der Waals surface area contributed by atoms with Crippen LogP contribution < -0.4 is 10.1 Å². The third kappa shape index (κ3) is 3.71. The van der Waals surface area contributed by atoms with E-state index in [1.165, 1.54) is 6.20 Å². The standard InChI is InChI=1S/C15H15ClN2O2/c1-10-4-3-5-11(2)15(10)20-9-14(19)18-13-7-6-12(16)8-17-13/h3-8H,9H2,1-2H3,(H,17,18,19). The van der Waals surface area contributed by atoms with Crippen molar-refractivity contribution in [3.05, 3.63) is 52.7 Å². The number of aryl methyl sites for hydroxylation is 2. The first-order valence-electron chi connectivity index (χ1n) is 6.16. The number of nitrogens with one attached hydrogen (secondary N) is 1. The van der Waals surface area contributed by atoms with E-state index in [0.717, 1.165) is 16.9 Å². The zero-order valence-electron chi connectivity index (χ0n) is 11.3. The van der Waals surface area contributed by atoms with Gasteiger partial charge >= 0.3 is 0 Å². The number of nitrogens with zero attached hydrogens (tertiary/aromatic N) is 1. The Bertz CT molecular complexity index is 592. The maximum Gasteiger partial charge on any atom is 0.263 e. The van der Waals surface area contributed by atoms with Gasteiger partial charge in [0.2, 0.25) is 0 Å². The number of anilines is 1. The Kier molecular flexibility index (Phi) is 4.58. The summed E-state index contributed by atoms with van der Waals surface area (Å²) in [4.78, 5) is 15.8. The van der Waals surface area contributed by atoms with Gasteiger partial charge in [0.1, 0.15) is 11.6 Å². The topological polar surface area (TPSA) is 51.2 Å². The summed E-state index contributed by atoms with van der Waals surface area (Å²) in [6, 6.07) is 9.15. The van der Waals surface area contributed by atoms with E-state index in [2.05, 4.69) is 10.3 Å². The van der Waals surface area contributed by atoms with E-state index in [1.54, 1.807) is 12.1 Å². The highest BCUT2D eigenvalue weighted by molar-refractivity contribution is 6.30. The van der Waals surface area contributed by atoms with Crippen LogP contribution >= 0.6 is 11.6 Å². The fraction of sp³-hybridized carbons (Fsp3) is 0.200.